The van der Waals surface area contributed by atoms with Crippen LogP contribution >= 0.6 is 0 Å². The van der Waals surface area contributed by atoms with Gasteiger partial charge < -0.3 is 14.2 Å². The molecule has 1 fully saturated rings. The van der Waals surface area contributed by atoms with Crippen LogP contribution in [-0.2, 0) is 4.74 Å². The molecule has 2 heterocycles. The van der Waals surface area contributed by atoms with Crippen molar-refractivity contribution in [1.82, 2.24) is 4.98 Å². The third kappa shape index (κ3) is 8.66. The van der Waals surface area contributed by atoms with E-state index >= 15 is 0 Å². The van der Waals surface area contributed by atoms with Crippen molar-refractivity contribution >= 4 is 0 Å². The molecular weight excluding hydrogens is 398 g/mol. The molecule has 3 rings (SSSR count). The van der Waals surface area contributed by atoms with Crippen LogP contribution < -0.4 is 9.47 Å². The Morgan fingerprint density at radius 1 is 0.875 bits per heavy atom. The minimum absolute atomic E-state index is 0.262. The summed E-state index contributed by atoms with van der Waals surface area (Å²) in [7, 11) is 0. The van der Waals surface area contributed by atoms with Crippen molar-refractivity contribution in [3.05, 3.63) is 55.3 Å². The molecule has 2 atom stereocenters. The van der Waals surface area contributed by atoms with E-state index in [1.54, 1.807) is 0 Å². The second-order valence-electron chi connectivity index (χ2n) is 8.62. The van der Waals surface area contributed by atoms with Crippen molar-refractivity contribution in [2.45, 2.75) is 83.3 Å². The lowest BCUT2D eigenvalue weighted by Crippen LogP contribution is -2.07. The van der Waals surface area contributed by atoms with Gasteiger partial charge >= 0.3 is 0 Å². The van der Waals surface area contributed by atoms with Gasteiger partial charge in [0.05, 0.1) is 24.6 Å². The van der Waals surface area contributed by atoms with Gasteiger partial charge in [0.15, 0.2) is 0 Å². The maximum absolute atomic E-state index is 5.88. The van der Waals surface area contributed by atoms with Gasteiger partial charge in [-0.25, -0.2) is 0 Å². The first-order valence-corrected chi connectivity index (χ1v) is 12.4. The molecule has 0 aliphatic carbocycles. The molecule has 1 saturated heterocycles. The fourth-order valence-electron chi connectivity index (χ4n) is 3.81. The molecule has 1 aliphatic rings. The van der Waals surface area contributed by atoms with Gasteiger partial charge in [0, 0.05) is 5.56 Å². The highest BCUT2D eigenvalue weighted by molar-refractivity contribution is 5.60. The van der Waals surface area contributed by atoms with E-state index in [1.807, 2.05) is 36.5 Å². The van der Waals surface area contributed by atoms with Gasteiger partial charge in [-0.2, -0.15) is 0 Å². The Hall–Kier alpha value is -2.33. The maximum Gasteiger partial charge on any atom is 0.137 e. The van der Waals surface area contributed by atoms with E-state index in [-0.39, 0.29) is 6.10 Å². The Kier molecular flexibility index (Phi) is 10.6. The van der Waals surface area contributed by atoms with E-state index in [4.69, 9.17) is 14.2 Å². The van der Waals surface area contributed by atoms with Crippen molar-refractivity contribution in [3.63, 3.8) is 0 Å². The molecular formula is C28H39NO3. The summed E-state index contributed by atoms with van der Waals surface area (Å²) < 4.78 is 17.4. The maximum atomic E-state index is 5.88. The summed E-state index contributed by atoms with van der Waals surface area (Å²) in [5.74, 6) is 1.71. The number of allylic oxidation sites excluding steroid dienone is 1. The first-order valence-electron chi connectivity index (χ1n) is 12.4. The SMILES string of the molecule is C=CCCCCCCCCOc1ccc(-c2ccc(OC[C@@H]3O[C@H]3CCCC)cc2)nc1. The number of aromatic nitrogens is 1. The molecule has 32 heavy (non-hydrogen) atoms. The molecule has 0 saturated carbocycles. The van der Waals surface area contributed by atoms with Crippen molar-refractivity contribution < 1.29 is 14.2 Å². The fourth-order valence-corrected chi connectivity index (χ4v) is 3.81. The molecule has 0 unspecified atom stereocenters. The highest BCUT2D eigenvalue weighted by atomic mass is 16.6. The number of rotatable bonds is 17. The average Bonchev–Trinajstić information content (AvgIpc) is 3.59. The van der Waals surface area contributed by atoms with Crippen molar-refractivity contribution in [1.29, 1.82) is 0 Å². The molecule has 0 spiro atoms. The van der Waals surface area contributed by atoms with Gasteiger partial charge in [0.25, 0.3) is 0 Å². The number of unbranched alkanes of at least 4 members (excludes halogenated alkanes) is 7. The average molecular weight is 438 g/mol. The normalized spacial score (nSPS) is 17.2. The molecule has 0 bridgehead atoms. The number of pyridine rings is 1. The Bertz CT molecular complexity index is 772. The molecule has 4 nitrogen and oxygen atoms in total. The predicted octanol–water partition coefficient (Wildman–Crippen LogP) is 7.38. The monoisotopic (exact) mass is 437 g/mol. The Morgan fingerprint density at radius 3 is 2.34 bits per heavy atom. The number of epoxide rings is 1. The first kappa shape index (κ1) is 24.3. The molecule has 174 valence electrons. The third-order valence-corrected chi connectivity index (χ3v) is 5.90. The van der Waals surface area contributed by atoms with E-state index in [9.17, 15) is 0 Å². The van der Waals surface area contributed by atoms with E-state index in [1.165, 1.54) is 44.9 Å². The van der Waals surface area contributed by atoms with E-state index in [0.29, 0.717) is 12.7 Å². The van der Waals surface area contributed by atoms with Crippen LogP contribution in [0.1, 0.15) is 71.1 Å². The third-order valence-electron chi connectivity index (χ3n) is 5.90. The molecule has 1 aliphatic heterocycles. The van der Waals surface area contributed by atoms with Gasteiger partial charge in [-0.1, -0.05) is 51.5 Å². The zero-order chi connectivity index (χ0) is 22.4. The quantitative estimate of drug-likeness (QED) is 0.147. The second kappa shape index (κ2) is 13.9. The summed E-state index contributed by atoms with van der Waals surface area (Å²) >= 11 is 0. The van der Waals surface area contributed by atoms with Crippen molar-refractivity contribution in [2.24, 2.45) is 0 Å². The van der Waals surface area contributed by atoms with Crippen LogP contribution in [0.5, 0.6) is 11.5 Å². The number of ether oxygens (including phenoxy) is 3. The van der Waals surface area contributed by atoms with Crippen LogP contribution in [0.3, 0.4) is 0 Å². The summed E-state index contributed by atoms with van der Waals surface area (Å²) in [4.78, 5) is 4.56. The summed E-state index contributed by atoms with van der Waals surface area (Å²) in [6.07, 6.45) is 16.7. The minimum atomic E-state index is 0.262. The highest BCUT2D eigenvalue weighted by Gasteiger charge is 2.38. The predicted molar refractivity (Wildman–Crippen MR) is 131 cm³/mol. The molecule has 0 amide bonds. The summed E-state index contributed by atoms with van der Waals surface area (Å²) in [5, 5.41) is 0. The first-order chi connectivity index (χ1) is 15.8. The Morgan fingerprint density at radius 2 is 1.62 bits per heavy atom. The number of nitrogens with zero attached hydrogens (tertiary/aromatic N) is 1. The highest BCUT2D eigenvalue weighted by Crippen LogP contribution is 2.28. The van der Waals surface area contributed by atoms with Crippen LogP contribution in [0.2, 0.25) is 0 Å². The van der Waals surface area contributed by atoms with E-state index in [2.05, 4.69) is 30.6 Å². The zero-order valence-corrected chi connectivity index (χ0v) is 19.6. The zero-order valence-electron chi connectivity index (χ0n) is 19.6. The van der Waals surface area contributed by atoms with E-state index in [0.717, 1.165) is 48.6 Å². The van der Waals surface area contributed by atoms with Crippen LogP contribution in [0.25, 0.3) is 11.3 Å². The van der Waals surface area contributed by atoms with Gasteiger partial charge in [-0.05, 0) is 62.1 Å². The van der Waals surface area contributed by atoms with Crippen molar-refractivity contribution in [2.75, 3.05) is 13.2 Å². The number of hydrogen-bond acceptors (Lipinski definition) is 4. The van der Waals surface area contributed by atoms with Gasteiger partial charge in [0.1, 0.15) is 24.2 Å². The van der Waals surface area contributed by atoms with Gasteiger partial charge in [0.2, 0.25) is 0 Å². The lowest BCUT2D eigenvalue weighted by atomic mass is 10.1. The molecule has 4 heteroatoms. The van der Waals surface area contributed by atoms with E-state index < -0.39 is 0 Å². The second-order valence-corrected chi connectivity index (χ2v) is 8.62. The lowest BCUT2D eigenvalue weighted by Gasteiger charge is -2.08. The summed E-state index contributed by atoms with van der Waals surface area (Å²) in [6, 6.07) is 12.1. The fraction of sp³-hybridized carbons (Fsp3) is 0.536. The van der Waals surface area contributed by atoms with Gasteiger partial charge in [-0.15, -0.1) is 6.58 Å². The van der Waals surface area contributed by atoms with Gasteiger partial charge in [-0.3, -0.25) is 4.98 Å². The Balaban J connectivity index is 1.31. The van der Waals surface area contributed by atoms with Crippen LogP contribution in [0.4, 0.5) is 0 Å². The lowest BCUT2D eigenvalue weighted by molar-refractivity contribution is 0.259. The summed E-state index contributed by atoms with van der Waals surface area (Å²) in [6.45, 7) is 7.36. The van der Waals surface area contributed by atoms with Crippen molar-refractivity contribution in [3.8, 4) is 22.8 Å². The Labute approximate surface area is 194 Å². The molecule has 2 aromatic rings. The van der Waals surface area contributed by atoms with Crippen LogP contribution in [-0.4, -0.2) is 30.4 Å². The molecule has 1 aromatic carbocycles. The molecule has 1 aromatic heterocycles. The summed E-state index contributed by atoms with van der Waals surface area (Å²) in [5.41, 5.74) is 2.01. The number of hydrogen-bond donors (Lipinski definition) is 0. The smallest absolute Gasteiger partial charge is 0.137 e. The largest absolute Gasteiger partial charge is 0.492 e. The van der Waals surface area contributed by atoms with Crippen LogP contribution in [0.15, 0.2) is 55.3 Å². The molecule has 0 radical (unpaired) electrons. The minimum Gasteiger partial charge on any atom is -0.492 e. The number of benzene rings is 1. The molecule has 0 N–H and O–H groups in total. The standard InChI is InChI=1S/C28H39NO3/c1-3-5-7-8-9-10-11-12-20-30-25-18-19-26(29-21-25)23-14-16-24(17-15-23)31-22-28-27(32-28)13-6-4-2/h3,14-19,21,27-28H,1,4-13,20,22H2,2H3/t27-,28-/m0/s1. The van der Waals surface area contributed by atoms with Crippen LogP contribution in [0, 0.1) is 0 Å². The topological polar surface area (TPSA) is 43.9 Å².